The molecular weight excluding hydrogens is 177 g/mol. The predicted molar refractivity (Wildman–Crippen MR) is 39.8 cm³/mol. The maximum absolute atomic E-state index is 12.8. The highest BCUT2D eigenvalue weighted by atomic mass is 19.1. The van der Waals surface area contributed by atoms with Gasteiger partial charge < -0.3 is 10.4 Å². The number of halogens is 1. The predicted octanol–water partition coefficient (Wildman–Crippen LogP) is -0.0702. The smallest absolute Gasteiger partial charge is 0.262 e. The maximum atomic E-state index is 12.8. The van der Waals surface area contributed by atoms with Crippen molar-refractivity contribution < 1.29 is 14.3 Å². The Kier molecular flexibility index (Phi) is 3.97. The van der Waals surface area contributed by atoms with Crippen LogP contribution in [0.15, 0.2) is 11.3 Å². The molecule has 68 valence electrons. The number of aliphatic hydroxyl groups is 1. The molecule has 0 saturated heterocycles. The minimum Gasteiger partial charge on any atom is -0.507 e. The van der Waals surface area contributed by atoms with Crippen molar-refractivity contribution in [3.05, 3.63) is 11.3 Å². The van der Waals surface area contributed by atoms with Gasteiger partial charge in [0.2, 0.25) is 6.17 Å². The summed E-state index contributed by atoms with van der Waals surface area (Å²) in [4.78, 5) is 10.6. The van der Waals surface area contributed by atoms with Crippen molar-refractivity contribution in [1.82, 2.24) is 5.32 Å². The fourth-order valence-electron chi connectivity index (χ4n) is 0.517. The van der Waals surface area contributed by atoms with E-state index in [1.165, 1.54) is 19.2 Å². The van der Waals surface area contributed by atoms with Crippen molar-refractivity contribution in [3.63, 3.8) is 0 Å². The molecule has 0 saturated carbocycles. The fourth-order valence-corrected chi connectivity index (χ4v) is 0.517. The minimum absolute atomic E-state index is 0.809. The summed E-state index contributed by atoms with van der Waals surface area (Å²) >= 11 is 0. The van der Waals surface area contributed by atoms with E-state index in [4.69, 9.17) is 15.6 Å². The highest BCUT2D eigenvalue weighted by molar-refractivity contribution is 5.83. The second-order valence-corrected chi connectivity index (χ2v) is 1.96. The number of alkyl halides is 1. The largest absolute Gasteiger partial charge is 0.507 e. The minimum atomic E-state index is -2.38. The third kappa shape index (κ3) is 2.46. The van der Waals surface area contributed by atoms with Crippen molar-refractivity contribution in [2.75, 3.05) is 7.05 Å². The number of nitriles is 2. The first kappa shape index (κ1) is 10.9. The normalized spacial score (nSPS) is 10.5. The molecule has 0 radical (unpaired) electrons. The Morgan fingerprint density at radius 1 is 1.54 bits per heavy atom. The van der Waals surface area contributed by atoms with Crippen LogP contribution in [0.2, 0.25) is 0 Å². The SMILES string of the molecule is CNC(=O)C(F)C(O)=C(C#N)C#N. The van der Waals surface area contributed by atoms with E-state index in [1.807, 2.05) is 5.32 Å². The standard InChI is InChI=1S/C7H6FN3O2/c1-11-7(13)5(8)6(12)4(2-9)3-10/h5,12H,1H3,(H,11,13). The van der Waals surface area contributed by atoms with Gasteiger partial charge in [-0.3, -0.25) is 4.79 Å². The Morgan fingerprint density at radius 3 is 2.31 bits per heavy atom. The Balaban J connectivity index is 4.91. The molecule has 0 spiro atoms. The van der Waals surface area contributed by atoms with E-state index in [1.54, 1.807) is 0 Å². The second-order valence-electron chi connectivity index (χ2n) is 1.96. The third-order valence-electron chi connectivity index (χ3n) is 1.20. The molecule has 0 fully saturated rings. The number of carbonyl (C=O) groups is 1. The number of nitrogens with zero attached hydrogens (tertiary/aromatic N) is 2. The Hall–Kier alpha value is -2.08. The molecule has 0 aromatic carbocycles. The van der Waals surface area contributed by atoms with Gasteiger partial charge >= 0.3 is 0 Å². The average molecular weight is 183 g/mol. The van der Waals surface area contributed by atoms with E-state index in [9.17, 15) is 9.18 Å². The number of aliphatic hydroxyl groups excluding tert-OH is 1. The number of rotatable bonds is 2. The molecule has 6 heteroatoms. The van der Waals surface area contributed by atoms with Gasteiger partial charge in [-0.25, -0.2) is 4.39 Å². The number of allylic oxidation sites excluding steroid dienone is 1. The summed E-state index contributed by atoms with van der Waals surface area (Å²) in [6, 6.07) is 2.52. The summed E-state index contributed by atoms with van der Waals surface area (Å²) in [5.74, 6) is -2.27. The maximum Gasteiger partial charge on any atom is 0.262 e. The summed E-state index contributed by atoms with van der Waals surface area (Å²) in [6.45, 7) is 0. The van der Waals surface area contributed by atoms with E-state index in [0.717, 1.165) is 0 Å². The van der Waals surface area contributed by atoms with Gasteiger partial charge in [-0.05, 0) is 0 Å². The molecule has 0 aliphatic carbocycles. The molecule has 0 bridgehead atoms. The number of nitrogens with one attached hydrogen (secondary N) is 1. The fraction of sp³-hybridized carbons (Fsp3) is 0.286. The molecule has 2 N–H and O–H groups in total. The molecular formula is C7H6FN3O2. The first-order valence-corrected chi connectivity index (χ1v) is 3.17. The lowest BCUT2D eigenvalue weighted by Gasteiger charge is -2.04. The summed E-state index contributed by atoms with van der Waals surface area (Å²) in [7, 11) is 1.17. The summed E-state index contributed by atoms with van der Waals surface area (Å²) < 4.78 is 12.8. The number of hydrogen-bond acceptors (Lipinski definition) is 4. The molecule has 0 heterocycles. The van der Waals surface area contributed by atoms with Crippen molar-refractivity contribution in [2.45, 2.75) is 6.17 Å². The molecule has 0 rings (SSSR count). The van der Waals surface area contributed by atoms with Crippen LogP contribution in [-0.4, -0.2) is 24.2 Å². The van der Waals surface area contributed by atoms with Gasteiger partial charge in [0.25, 0.3) is 5.91 Å². The second kappa shape index (κ2) is 4.73. The Morgan fingerprint density at radius 2 is 2.00 bits per heavy atom. The van der Waals surface area contributed by atoms with E-state index < -0.39 is 23.4 Å². The highest BCUT2D eigenvalue weighted by Crippen LogP contribution is 2.08. The molecule has 0 aliphatic rings. The molecule has 0 aliphatic heterocycles. The van der Waals surface area contributed by atoms with Crippen LogP contribution in [0, 0.1) is 22.7 Å². The quantitative estimate of drug-likeness (QED) is 0.462. The van der Waals surface area contributed by atoms with Crippen LogP contribution in [0.5, 0.6) is 0 Å². The topological polar surface area (TPSA) is 96.9 Å². The van der Waals surface area contributed by atoms with Crippen LogP contribution >= 0.6 is 0 Å². The molecule has 1 amide bonds. The Bertz CT molecular complexity index is 308. The van der Waals surface area contributed by atoms with E-state index in [0.29, 0.717) is 0 Å². The molecule has 0 aromatic rings. The van der Waals surface area contributed by atoms with Gasteiger partial charge in [-0.2, -0.15) is 10.5 Å². The van der Waals surface area contributed by atoms with Gasteiger partial charge in [0.1, 0.15) is 12.1 Å². The zero-order valence-electron chi connectivity index (χ0n) is 6.71. The zero-order chi connectivity index (χ0) is 10.4. The van der Waals surface area contributed by atoms with Crippen molar-refractivity contribution >= 4 is 5.91 Å². The molecule has 1 unspecified atom stereocenters. The van der Waals surface area contributed by atoms with E-state index in [-0.39, 0.29) is 0 Å². The highest BCUT2D eigenvalue weighted by Gasteiger charge is 2.24. The molecule has 13 heavy (non-hydrogen) atoms. The third-order valence-corrected chi connectivity index (χ3v) is 1.20. The van der Waals surface area contributed by atoms with Crippen molar-refractivity contribution in [2.24, 2.45) is 0 Å². The van der Waals surface area contributed by atoms with Crippen molar-refractivity contribution in [1.29, 1.82) is 10.5 Å². The number of amides is 1. The van der Waals surface area contributed by atoms with Crippen LogP contribution in [0.4, 0.5) is 4.39 Å². The van der Waals surface area contributed by atoms with Gasteiger partial charge in [0, 0.05) is 7.05 Å². The lowest BCUT2D eigenvalue weighted by molar-refractivity contribution is -0.125. The first-order valence-electron chi connectivity index (χ1n) is 3.17. The monoisotopic (exact) mass is 183 g/mol. The number of carbonyl (C=O) groups excluding carboxylic acids is 1. The van der Waals surface area contributed by atoms with Gasteiger partial charge in [-0.1, -0.05) is 0 Å². The molecule has 0 aromatic heterocycles. The number of hydrogen-bond donors (Lipinski definition) is 2. The van der Waals surface area contributed by atoms with Crippen LogP contribution in [0.25, 0.3) is 0 Å². The van der Waals surface area contributed by atoms with Crippen LogP contribution in [-0.2, 0) is 4.79 Å². The first-order chi connectivity index (χ1) is 6.08. The van der Waals surface area contributed by atoms with Crippen molar-refractivity contribution in [3.8, 4) is 12.1 Å². The molecule has 5 nitrogen and oxygen atoms in total. The Labute approximate surface area is 73.7 Å². The van der Waals surface area contributed by atoms with E-state index in [2.05, 4.69) is 0 Å². The lowest BCUT2D eigenvalue weighted by Crippen LogP contribution is -2.30. The average Bonchev–Trinajstić information content (AvgIpc) is 2.17. The zero-order valence-corrected chi connectivity index (χ0v) is 6.71. The van der Waals surface area contributed by atoms with E-state index >= 15 is 0 Å². The van der Waals surface area contributed by atoms with Crippen LogP contribution in [0.1, 0.15) is 0 Å². The van der Waals surface area contributed by atoms with Crippen LogP contribution in [0.3, 0.4) is 0 Å². The summed E-state index contributed by atoms with van der Waals surface area (Å²) in [5, 5.41) is 27.2. The summed E-state index contributed by atoms with van der Waals surface area (Å²) in [6.07, 6.45) is -2.38. The molecule has 1 atom stereocenters. The summed E-state index contributed by atoms with van der Waals surface area (Å²) in [5.41, 5.74) is -0.809. The van der Waals surface area contributed by atoms with Gasteiger partial charge in [0.15, 0.2) is 11.3 Å². The van der Waals surface area contributed by atoms with Gasteiger partial charge in [0.05, 0.1) is 0 Å². The van der Waals surface area contributed by atoms with Gasteiger partial charge in [-0.15, -0.1) is 0 Å². The lowest BCUT2D eigenvalue weighted by atomic mass is 10.2. The van der Waals surface area contributed by atoms with Crippen LogP contribution < -0.4 is 5.32 Å².